The van der Waals surface area contributed by atoms with Crippen LogP contribution in [0.15, 0.2) is 52.1 Å². The number of halogens is 3. The van der Waals surface area contributed by atoms with Crippen LogP contribution in [-0.4, -0.2) is 26.4 Å². The van der Waals surface area contributed by atoms with Crippen LogP contribution in [0, 0.1) is 0 Å². The van der Waals surface area contributed by atoms with E-state index in [-0.39, 0.29) is 18.3 Å². The number of nitrogens with one attached hydrogen (secondary N) is 1. The highest BCUT2D eigenvalue weighted by Crippen LogP contribution is 2.28. The summed E-state index contributed by atoms with van der Waals surface area (Å²) in [5.41, 5.74) is 0.737. The van der Waals surface area contributed by atoms with Gasteiger partial charge in [0.25, 0.3) is 0 Å². The lowest BCUT2D eigenvalue weighted by molar-refractivity contribution is -0.113. The van der Waals surface area contributed by atoms with E-state index in [1.54, 1.807) is 22.8 Å². The molecule has 0 unspecified atom stereocenters. The Morgan fingerprint density at radius 2 is 1.96 bits per heavy atom. The van der Waals surface area contributed by atoms with Gasteiger partial charge in [-0.3, -0.25) is 4.79 Å². The zero-order chi connectivity index (χ0) is 20.1. The summed E-state index contributed by atoms with van der Waals surface area (Å²) in [6.07, 6.45) is 0. The van der Waals surface area contributed by atoms with Crippen molar-refractivity contribution in [3.05, 3.63) is 62.8 Å². The molecule has 146 valence electrons. The average Bonchev–Trinajstić information content (AvgIpc) is 3.01. The Morgan fingerprint density at radius 1 is 1.21 bits per heavy atom. The van der Waals surface area contributed by atoms with Gasteiger partial charge in [-0.15, -0.1) is 10.2 Å². The molecule has 28 heavy (non-hydrogen) atoms. The van der Waals surface area contributed by atoms with Crippen LogP contribution < -0.4 is 10.1 Å². The van der Waals surface area contributed by atoms with Gasteiger partial charge in [0.2, 0.25) is 5.91 Å². The van der Waals surface area contributed by atoms with E-state index in [2.05, 4.69) is 31.4 Å². The standard InChI is InChI=1S/C18H15BrCl2N4O2S/c1-25-16(9-27-15-7-4-12(20)8-14(15)21)23-24-18(25)28-10-17(26)22-13-5-2-11(19)3-6-13/h2-8H,9-10H2,1H3,(H,22,26). The third-order valence-corrected chi connectivity index (χ3v) is 5.72. The number of hydrogen-bond donors (Lipinski definition) is 1. The van der Waals surface area contributed by atoms with Crippen molar-refractivity contribution in [1.82, 2.24) is 14.8 Å². The number of nitrogens with zero attached hydrogens (tertiary/aromatic N) is 3. The number of hydrogen-bond acceptors (Lipinski definition) is 5. The van der Waals surface area contributed by atoms with E-state index in [1.165, 1.54) is 11.8 Å². The topological polar surface area (TPSA) is 69.0 Å². The van der Waals surface area contributed by atoms with Crippen molar-refractivity contribution in [1.29, 1.82) is 0 Å². The van der Waals surface area contributed by atoms with E-state index in [0.29, 0.717) is 26.8 Å². The van der Waals surface area contributed by atoms with Crippen molar-refractivity contribution < 1.29 is 9.53 Å². The Balaban J connectivity index is 1.54. The maximum Gasteiger partial charge on any atom is 0.234 e. The summed E-state index contributed by atoms with van der Waals surface area (Å²) in [4.78, 5) is 12.1. The monoisotopic (exact) mass is 500 g/mol. The fraction of sp³-hybridized carbons (Fsp3) is 0.167. The fourth-order valence-corrected chi connectivity index (χ4v) is 3.65. The lowest BCUT2D eigenvalue weighted by Crippen LogP contribution is -2.14. The molecule has 0 saturated heterocycles. The molecule has 0 aliphatic heterocycles. The number of carbonyl (C=O) groups is 1. The van der Waals surface area contributed by atoms with Crippen molar-refractivity contribution >= 4 is 62.5 Å². The van der Waals surface area contributed by atoms with Crippen LogP contribution in [0.5, 0.6) is 5.75 Å². The lowest BCUT2D eigenvalue weighted by Gasteiger charge is -2.08. The summed E-state index contributed by atoms with van der Waals surface area (Å²) in [5.74, 6) is 1.21. The first-order valence-corrected chi connectivity index (χ1v) is 10.6. The van der Waals surface area contributed by atoms with Gasteiger partial charge in [0.1, 0.15) is 12.4 Å². The molecule has 3 aromatic rings. The number of amides is 1. The lowest BCUT2D eigenvalue weighted by atomic mass is 10.3. The molecule has 1 N–H and O–H groups in total. The molecule has 0 atom stereocenters. The SMILES string of the molecule is Cn1c(COc2ccc(Cl)cc2Cl)nnc1SCC(=O)Nc1ccc(Br)cc1. The molecular weight excluding hydrogens is 487 g/mol. The van der Waals surface area contributed by atoms with Crippen LogP contribution >= 0.6 is 50.9 Å². The van der Waals surface area contributed by atoms with Crippen LogP contribution in [0.4, 0.5) is 5.69 Å². The van der Waals surface area contributed by atoms with Gasteiger partial charge < -0.3 is 14.6 Å². The van der Waals surface area contributed by atoms with E-state index in [0.717, 1.165) is 10.2 Å². The highest BCUT2D eigenvalue weighted by molar-refractivity contribution is 9.10. The molecule has 10 heteroatoms. The summed E-state index contributed by atoms with van der Waals surface area (Å²) in [6, 6.07) is 12.4. The van der Waals surface area contributed by atoms with Crippen molar-refractivity contribution in [2.24, 2.45) is 7.05 Å². The molecule has 6 nitrogen and oxygen atoms in total. The maximum absolute atomic E-state index is 12.1. The quantitative estimate of drug-likeness (QED) is 0.451. The third-order valence-electron chi connectivity index (χ3n) is 3.64. The van der Waals surface area contributed by atoms with Crippen LogP contribution in [0.25, 0.3) is 0 Å². The smallest absolute Gasteiger partial charge is 0.234 e. The van der Waals surface area contributed by atoms with Crippen molar-refractivity contribution in [3.63, 3.8) is 0 Å². The molecule has 1 amide bonds. The zero-order valence-corrected chi connectivity index (χ0v) is 18.6. The number of benzene rings is 2. The van der Waals surface area contributed by atoms with Gasteiger partial charge in [0.15, 0.2) is 11.0 Å². The van der Waals surface area contributed by atoms with Gasteiger partial charge in [-0.2, -0.15) is 0 Å². The fourth-order valence-electron chi connectivity index (χ4n) is 2.19. The summed E-state index contributed by atoms with van der Waals surface area (Å²) in [6.45, 7) is 0.191. The second-order valence-corrected chi connectivity index (χ2v) is 8.37. The predicted molar refractivity (Wildman–Crippen MR) is 115 cm³/mol. The second kappa shape index (κ2) is 9.65. The molecule has 0 aliphatic carbocycles. The van der Waals surface area contributed by atoms with Crippen molar-refractivity contribution in [2.75, 3.05) is 11.1 Å². The molecule has 1 aromatic heterocycles. The number of anilines is 1. The minimum atomic E-state index is -0.124. The Labute approximate surface area is 184 Å². The van der Waals surface area contributed by atoms with E-state index >= 15 is 0 Å². The van der Waals surface area contributed by atoms with E-state index in [1.807, 2.05) is 31.3 Å². The van der Waals surface area contributed by atoms with Gasteiger partial charge in [0, 0.05) is 22.2 Å². The molecule has 0 spiro atoms. The summed E-state index contributed by atoms with van der Waals surface area (Å²) in [7, 11) is 1.82. The minimum absolute atomic E-state index is 0.124. The molecule has 0 aliphatic rings. The minimum Gasteiger partial charge on any atom is -0.484 e. The molecular formula is C18H15BrCl2N4O2S. The highest BCUT2D eigenvalue weighted by Gasteiger charge is 2.13. The highest BCUT2D eigenvalue weighted by atomic mass is 79.9. The van der Waals surface area contributed by atoms with Gasteiger partial charge >= 0.3 is 0 Å². The second-order valence-electron chi connectivity index (χ2n) is 5.66. The predicted octanol–water partition coefficient (Wildman–Crippen LogP) is 5.19. The zero-order valence-electron chi connectivity index (χ0n) is 14.7. The third kappa shape index (κ3) is 5.64. The van der Waals surface area contributed by atoms with Gasteiger partial charge in [-0.25, -0.2) is 0 Å². The van der Waals surface area contributed by atoms with Crippen LogP contribution in [0.2, 0.25) is 10.0 Å². The molecule has 0 bridgehead atoms. The molecule has 0 saturated carbocycles. The first kappa shape index (κ1) is 21.0. The summed E-state index contributed by atoms with van der Waals surface area (Å²) in [5, 5.41) is 12.6. The summed E-state index contributed by atoms with van der Waals surface area (Å²) < 4.78 is 8.41. The number of rotatable bonds is 7. The molecule has 1 heterocycles. The summed E-state index contributed by atoms with van der Waals surface area (Å²) >= 11 is 16.6. The van der Waals surface area contributed by atoms with Gasteiger partial charge in [-0.05, 0) is 42.5 Å². The van der Waals surface area contributed by atoms with Gasteiger partial charge in [-0.1, -0.05) is 50.9 Å². The Bertz CT molecular complexity index is 982. The van der Waals surface area contributed by atoms with E-state index < -0.39 is 0 Å². The number of aromatic nitrogens is 3. The largest absolute Gasteiger partial charge is 0.484 e. The number of carbonyl (C=O) groups excluding carboxylic acids is 1. The normalized spacial score (nSPS) is 10.7. The van der Waals surface area contributed by atoms with Crippen molar-refractivity contribution in [2.45, 2.75) is 11.8 Å². The van der Waals surface area contributed by atoms with Crippen LogP contribution in [0.1, 0.15) is 5.82 Å². The first-order valence-electron chi connectivity index (χ1n) is 8.06. The van der Waals surface area contributed by atoms with E-state index in [9.17, 15) is 4.79 Å². The number of thioether (sulfide) groups is 1. The molecule has 0 fully saturated rings. The van der Waals surface area contributed by atoms with Crippen LogP contribution in [-0.2, 0) is 18.4 Å². The Hall–Kier alpha value is -1.74. The average molecular weight is 502 g/mol. The molecule has 3 rings (SSSR count). The van der Waals surface area contributed by atoms with Crippen molar-refractivity contribution in [3.8, 4) is 5.75 Å². The number of ether oxygens (including phenoxy) is 1. The van der Waals surface area contributed by atoms with Gasteiger partial charge in [0.05, 0.1) is 10.8 Å². The Kier molecular flexibility index (Phi) is 7.23. The van der Waals surface area contributed by atoms with Crippen LogP contribution in [0.3, 0.4) is 0 Å². The Morgan fingerprint density at radius 3 is 2.68 bits per heavy atom. The maximum atomic E-state index is 12.1. The molecule has 0 radical (unpaired) electrons. The van der Waals surface area contributed by atoms with E-state index in [4.69, 9.17) is 27.9 Å². The first-order chi connectivity index (χ1) is 13.4. The molecule has 2 aromatic carbocycles.